The average Bonchev–Trinajstić information content (AvgIpc) is 2.52. The lowest BCUT2D eigenvalue weighted by Crippen LogP contribution is -2.01. The molecule has 0 aliphatic heterocycles. The number of benzene rings is 2. The van der Waals surface area contributed by atoms with Crippen LogP contribution in [0.5, 0.6) is 0 Å². The molecule has 20 heavy (non-hydrogen) atoms. The number of nitrogens with zero attached hydrogens (tertiary/aromatic N) is 2. The first kappa shape index (κ1) is 13.7. The van der Waals surface area contributed by atoms with Crippen LogP contribution in [0.4, 0.5) is 5.69 Å². The molecule has 3 N–H and O–H groups in total. The number of hydrogen-bond donors (Lipinski definition) is 3. The Kier molecular flexibility index (Phi) is 4.83. The lowest BCUT2D eigenvalue weighted by molar-refractivity contribution is 0.828. The van der Waals surface area contributed by atoms with Crippen molar-refractivity contribution in [2.75, 3.05) is 12.4 Å². The van der Waals surface area contributed by atoms with Crippen molar-refractivity contribution in [1.82, 2.24) is 5.43 Å². The standard InChI is InChI=1S/C15H17N5/c1-17-20-19-15(16)13-7-9-14(10-8-13)18-11-12-5-3-2-4-6-12/h2-10,18H,11H2,1H3,(H2,16,17,19). The molecule has 0 saturated heterocycles. The quantitative estimate of drug-likeness (QED) is 0.337. The van der Waals surface area contributed by atoms with Crippen molar-refractivity contribution in [3.05, 3.63) is 65.7 Å². The summed E-state index contributed by atoms with van der Waals surface area (Å²) in [7, 11) is 1.65. The normalized spacial score (nSPS) is 10.4. The molecule has 2 aromatic carbocycles. The fraction of sp³-hybridized carbons (Fsp3) is 0.133. The van der Waals surface area contributed by atoms with Crippen LogP contribution >= 0.6 is 0 Å². The first-order chi connectivity index (χ1) is 9.79. The summed E-state index contributed by atoms with van der Waals surface area (Å²) in [6.45, 7) is 0.775. The van der Waals surface area contributed by atoms with Gasteiger partial charge in [-0.1, -0.05) is 35.6 Å². The maximum atomic E-state index is 7.72. The third kappa shape index (κ3) is 3.91. The largest absolute Gasteiger partial charge is 0.381 e. The van der Waals surface area contributed by atoms with Crippen LogP contribution in [0, 0.1) is 5.41 Å². The number of hydrogen-bond acceptors (Lipinski definition) is 3. The summed E-state index contributed by atoms with van der Waals surface area (Å²) in [6.07, 6.45) is 0. The van der Waals surface area contributed by atoms with E-state index in [2.05, 4.69) is 33.2 Å². The minimum Gasteiger partial charge on any atom is -0.381 e. The van der Waals surface area contributed by atoms with Crippen molar-refractivity contribution in [2.45, 2.75) is 6.54 Å². The van der Waals surface area contributed by atoms with E-state index >= 15 is 0 Å². The van der Waals surface area contributed by atoms with Gasteiger partial charge in [-0.25, -0.2) is 0 Å². The van der Waals surface area contributed by atoms with Crippen LogP contribution in [-0.4, -0.2) is 12.9 Å². The van der Waals surface area contributed by atoms with E-state index in [-0.39, 0.29) is 5.84 Å². The highest BCUT2D eigenvalue weighted by Crippen LogP contribution is 2.12. The highest BCUT2D eigenvalue weighted by atomic mass is 15.4. The molecule has 0 aromatic heterocycles. The van der Waals surface area contributed by atoms with E-state index < -0.39 is 0 Å². The molecule has 2 rings (SSSR count). The lowest BCUT2D eigenvalue weighted by Gasteiger charge is -2.07. The molecule has 5 nitrogen and oxygen atoms in total. The molecule has 0 radical (unpaired) electrons. The van der Waals surface area contributed by atoms with Crippen LogP contribution in [0.2, 0.25) is 0 Å². The lowest BCUT2D eigenvalue weighted by atomic mass is 10.2. The highest BCUT2D eigenvalue weighted by molar-refractivity contribution is 5.96. The van der Waals surface area contributed by atoms with E-state index in [4.69, 9.17) is 5.41 Å². The summed E-state index contributed by atoms with van der Waals surface area (Å²) in [6, 6.07) is 17.8. The van der Waals surface area contributed by atoms with Gasteiger partial charge in [0, 0.05) is 24.8 Å². The zero-order valence-corrected chi connectivity index (χ0v) is 11.3. The minimum absolute atomic E-state index is 0.133. The van der Waals surface area contributed by atoms with Gasteiger partial charge >= 0.3 is 0 Å². The van der Waals surface area contributed by atoms with Crippen LogP contribution in [0.3, 0.4) is 0 Å². The van der Waals surface area contributed by atoms with Gasteiger partial charge in [0.05, 0.1) is 0 Å². The van der Waals surface area contributed by atoms with Gasteiger partial charge in [0.15, 0.2) is 5.84 Å². The molecule has 0 unspecified atom stereocenters. The predicted molar refractivity (Wildman–Crippen MR) is 81.0 cm³/mol. The van der Waals surface area contributed by atoms with E-state index in [0.717, 1.165) is 17.8 Å². The summed E-state index contributed by atoms with van der Waals surface area (Å²) in [5.74, 6) is 0.133. The summed E-state index contributed by atoms with van der Waals surface area (Å²) in [4.78, 5) is 0. The Labute approximate surface area is 118 Å². The van der Waals surface area contributed by atoms with Crippen LogP contribution in [-0.2, 0) is 6.54 Å². The van der Waals surface area contributed by atoms with Crippen molar-refractivity contribution in [1.29, 1.82) is 5.41 Å². The van der Waals surface area contributed by atoms with Gasteiger partial charge in [-0.3, -0.25) is 10.8 Å². The zero-order chi connectivity index (χ0) is 14.2. The summed E-state index contributed by atoms with van der Waals surface area (Å²) in [5.41, 5.74) is 5.49. The Hall–Kier alpha value is -2.69. The molecule has 5 heteroatoms. The Morgan fingerprint density at radius 2 is 1.75 bits per heavy atom. The number of anilines is 1. The van der Waals surface area contributed by atoms with Gasteiger partial charge in [0.2, 0.25) is 0 Å². The summed E-state index contributed by atoms with van der Waals surface area (Å²) in [5, 5.41) is 18.3. The molecular formula is C15H17N5. The molecule has 0 atom stereocenters. The molecule has 0 spiro atoms. The second-order valence-corrected chi connectivity index (χ2v) is 4.19. The van der Waals surface area contributed by atoms with Gasteiger partial charge in [-0.2, -0.15) is 0 Å². The second-order valence-electron chi connectivity index (χ2n) is 4.19. The first-order valence-corrected chi connectivity index (χ1v) is 6.34. The van der Waals surface area contributed by atoms with Crippen LogP contribution in [0.25, 0.3) is 0 Å². The van der Waals surface area contributed by atoms with Gasteiger partial charge < -0.3 is 5.32 Å². The maximum absolute atomic E-state index is 7.72. The second kappa shape index (κ2) is 7.04. The number of amidine groups is 1. The molecule has 0 amide bonds. The van der Waals surface area contributed by atoms with Crippen LogP contribution in [0.1, 0.15) is 11.1 Å². The van der Waals surface area contributed by atoms with Crippen LogP contribution in [0.15, 0.2) is 64.9 Å². The molecule has 102 valence electrons. The van der Waals surface area contributed by atoms with Crippen LogP contribution < -0.4 is 10.7 Å². The Balaban J connectivity index is 1.95. The first-order valence-electron chi connectivity index (χ1n) is 6.34. The van der Waals surface area contributed by atoms with Crippen molar-refractivity contribution < 1.29 is 0 Å². The Bertz CT molecular complexity index is 575. The monoisotopic (exact) mass is 267 g/mol. The molecular weight excluding hydrogens is 250 g/mol. The highest BCUT2D eigenvalue weighted by Gasteiger charge is 2.00. The topological polar surface area (TPSA) is 72.6 Å². The van der Waals surface area contributed by atoms with E-state index in [0.29, 0.717) is 0 Å². The average molecular weight is 267 g/mol. The van der Waals surface area contributed by atoms with Crippen molar-refractivity contribution >= 4 is 11.5 Å². The smallest absolute Gasteiger partial charge is 0.176 e. The van der Waals surface area contributed by atoms with E-state index in [9.17, 15) is 0 Å². The number of nitrogens with one attached hydrogen (secondary N) is 3. The SMILES string of the molecule is CN/N=N\C(=N)c1ccc(NCc2ccccc2)cc1. The molecule has 0 aliphatic rings. The molecule has 0 fully saturated rings. The molecule has 2 aromatic rings. The fourth-order valence-corrected chi connectivity index (χ4v) is 1.70. The van der Waals surface area contributed by atoms with Gasteiger partial charge in [0.1, 0.15) is 0 Å². The van der Waals surface area contributed by atoms with Gasteiger partial charge in [-0.15, -0.1) is 5.11 Å². The third-order valence-corrected chi connectivity index (χ3v) is 2.75. The maximum Gasteiger partial charge on any atom is 0.176 e. The Morgan fingerprint density at radius 3 is 2.40 bits per heavy atom. The zero-order valence-electron chi connectivity index (χ0n) is 11.3. The Morgan fingerprint density at radius 1 is 1.05 bits per heavy atom. The fourth-order valence-electron chi connectivity index (χ4n) is 1.70. The van der Waals surface area contributed by atoms with Crippen molar-refractivity contribution in [2.24, 2.45) is 10.3 Å². The van der Waals surface area contributed by atoms with Crippen molar-refractivity contribution in [3.8, 4) is 0 Å². The summed E-state index contributed by atoms with van der Waals surface area (Å²) >= 11 is 0. The molecule has 0 bridgehead atoms. The summed E-state index contributed by atoms with van der Waals surface area (Å²) < 4.78 is 0. The molecule has 0 aliphatic carbocycles. The van der Waals surface area contributed by atoms with Crippen molar-refractivity contribution in [3.63, 3.8) is 0 Å². The van der Waals surface area contributed by atoms with E-state index in [1.165, 1.54) is 5.56 Å². The third-order valence-electron chi connectivity index (χ3n) is 2.75. The predicted octanol–water partition coefficient (Wildman–Crippen LogP) is 3.21. The number of rotatable bonds is 5. The molecule has 0 saturated carbocycles. The molecule has 0 heterocycles. The van der Waals surface area contributed by atoms with E-state index in [1.54, 1.807) is 7.05 Å². The van der Waals surface area contributed by atoms with E-state index in [1.807, 2.05) is 42.5 Å². The minimum atomic E-state index is 0.133. The van der Waals surface area contributed by atoms with Gasteiger partial charge in [0.25, 0.3) is 0 Å². The van der Waals surface area contributed by atoms with Gasteiger partial charge in [-0.05, 0) is 29.8 Å².